The number of aryl methyl sites for hydroxylation is 1. The summed E-state index contributed by atoms with van der Waals surface area (Å²) in [4.78, 5) is 0. The van der Waals surface area contributed by atoms with Gasteiger partial charge in [0.1, 0.15) is 0 Å². The van der Waals surface area contributed by atoms with E-state index >= 15 is 0 Å². The maximum atomic E-state index is 13.1. The smallest absolute Gasteiger partial charge is 0.266 e. The summed E-state index contributed by atoms with van der Waals surface area (Å²) in [6.45, 7) is 7.88. The van der Waals surface area contributed by atoms with Crippen LogP contribution in [0.1, 0.15) is 103 Å². The standard InChI is InChI=1S/C20H35F3N2/c1-5-7-9-11-13-15-19(4,14-12-10-8-6-2)25-16-18(17(3)24-25)20(21,22)23/h16H,5-15H2,1-4H3. The van der Waals surface area contributed by atoms with Crippen molar-refractivity contribution in [2.24, 2.45) is 0 Å². The minimum atomic E-state index is -4.33. The van der Waals surface area contributed by atoms with E-state index in [9.17, 15) is 13.2 Å². The second kappa shape index (κ2) is 10.2. The van der Waals surface area contributed by atoms with Crippen LogP contribution in [0.15, 0.2) is 6.20 Å². The summed E-state index contributed by atoms with van der Waals surface area (Å²) in [7, 11) is 0. The van der Waals surface area contributed by atoms with Crippen LogP contribution in [0.3, 0.4) is 0 Å². The van der Waals surface area contributed by atoms with Gasteiger partial charge in [-0.1, -0.05) is 71.6 Å². The average molecular weight is 361 g/mol. The fraction of sp³-hybridized carbons (Fsp3) is 0.850. The molecule has 1 aromatic heterocycles. The maximum absolute atomic E-state index is 13.1. The molecule has 1 unspecified atom stereocenters. The molecule has 0 aromatic carbocycles. The Balaban J connectivity index is 2.85. The van der Waals surface area contributed by atoms with E-state index in [0.717, 1.165) is 44.9 Å². The van der Waals surface area contributed by atoms with E-state index in [1.807, 2.05) is 0 Å². The molecule has 0 bridgehead atoms. The topological polar surface area (TPSA) is 17.8 Å². The van der Waals surface area contributed by atoms with Crippen LogP contribution < -0.4 is 0 Å². The minimum Gasteiger partial charge on any atom is -0.266 e. The fourth-order valence-corrected chi connectivity index (χ4v) is 3.41. The van der Waals surface area contributed by atoms with Crippen LogP contribution in [0.25, 0.3) is 0 Å². The van der Waals surface area contributed by atoms with E-state index < -0.39 is 11.7 Å². The number of nitrogens with zero attached hydrogens (tertiary/aromatic N) is 2. The summed E-state index contributed by atoms with van der Waals surface area (Å²) in [5, 5.41) is 4.26. The van der Waals surface area contributed by atoms with Gasteiger partial charge in [-0.15, -0.1) is 0 Å². The molecule has 0 N–H and O–H groups in total. The monoisotopic (exact) mass is 360 g/mol. The highest BCUT2D eigenvalue weighted by molar-refractivity contribution is 5.20. The molecule has 0 fully saturated rings. The number of hydrogen-bond donors (Lipinski definition) is 0. The molecule has 0 saturated heterocycles. The highest BCUT2D eigenvalue weighted by Gasteiger charge is 2.37. The van der Waals surface area contributed by atoms with E-state index in [0.29, 0.717) is 0 Å². The van der Waals surface area contributed by atoms with Gasteiger partial charge in [-0.25, -0.2) is 0 Å². The Bertz CT molecular complexity index is 494. The SMILES string of the molecule is CCCCCCCC(C)(CCCCCC)n1cc(C(F)(F)F)c(C)n1. The molecule has 0 spiro atoms. The summed E-state index contributed by atoms with van der Waals surface area (Å²) in [5.74, 6) is 0. The van der Waals surface area contributed by atoms with Crippen LogP contribution in [0.2, 0.25) is 0 Å². The molecule has 0 saturated carbocycles. The minimum absolute atomic E-state index is 0.0817. The Kier molecular flexibility index (Phi) is 9.01. The fourth-order valence-electron chi connectivity index (χ4n) is 3.41. The van der Waals surface area contributed by atoms with Crippen LogP contribution in [0, 0.1) is 6.92 Å². The van der Waals surface area contributed by atoms with Crippen molar-refractivity contribution in [2.45, 2.75) is 110 Å². The van der Waals surface area contributed by atoms with Gasteiger partial charge in [0.2, 0.25) is 0 Å². The van der Waals surface area contributed by atoms with Crippen LogP contribution in [0.4, 0.5) is 13.2 Å². The molecule has 146 valence electrons. The first-order chi connectivity index (χ1) is 11.7. The Morgan fingerprint density at radius 3 is 1.80 bits per heavy atom. The van der Waals surface area contributed by atoms with Gasteiger partial charge in [-0.05, 0) is 26.7 Å². The van der Waals surface area contributed by atoms with Crippen LogP contribution in [-0.2, 0) is 11.7 Å². The van der Waals surface area contributed by atoms with Gasteiger partial charge < -0.3 is 0 Å². The predicted octanol–water partition coefficient (Wildman–Crippen LogP) is 7.26. The van der Waals surface area contributed by atoms with E-state index in [1.165, 1.54) is 38.8 Å². The lowest BCUT2D eigenvalue weighted by Gasteiger charge is -2.31. The molecule has 25 heavy (non-hydrogen) atoms. The number of aromatic nitrogens is 2. The third kappa shape index (κ3) is 7.02. The van der Waals surface area contributed by atoms with Crippen molar-refractivity contribution in [3.63, 3.8) is 0 Å². The molecule has 0 aliphatic heterocycles. The zero-order valence-electron chi connectivity index (χ0n) is 16.4. The van der Waals surface area contributed by atoms with Crippen molar-refractivity contribution in [3.8, 4) is 0 Å². The van der Waals surface area contributed by atoms with Crippen LogP contribution in [-0.4, -0.2) is 9.78 Å². The zero-order valence-corrected chi connectivity index (χ0v) is 16.4. The molecule has 1 aromatic rings. The summed E-state index contributed by atoms with van der Waals surface area (Å²) in [6, 6.07) is 0. The Hall–Kier alpha value is -1.00. The van der Waals surface area contributed by atoms with Crippen molar-refractivity contribution in [2.75, 3.05) is 0 Å². The lowest BCUT2D eigenvalue weighted by Crippen LogP contribution is -2.31. The first-order valence-electron chi connectivity index (χ1n) is 9.88. The molecule has 5 heteroatoms. The molecule has 1 heterocycles. The lowest BCUT2D eigenvalue weighted by atomic mass is 9.88. The van der Waals surface area contributed by atoms with Gasteiger partial charge in [0.25, 0.3) is 0 Å². The third-order valence-corrected chi connectivity index (χ3v) is 5.15. The number of unbranched alkanes of at least 4 members (excludes halogenated alkanes) is 7. The largest absolute Gasteiger partial charge is 0.419 e. The molecule has 1 atom stereocenters. The van der Waals surface area contributed by atoms with Crippen molar-refractivity contribution in [1.29, 1.82) is 0 Å². The summed E-state index contributed by atoms with van der Waals surface area (Å²) in [6.07, 6.45) is 9.00. The highest BCUT2D eigenvalue weighted by Crippen LogP contribution is 2.35. The van der Waals surface area contributed by atoms with Crippen molar-refractivity contribution in [1.82, 2.24) is 9.78 Å². The van der Waals surface area contributed by atoms with E-state index in [2.05, 4.69) is 25.9 Å². The van der Waals surface area contributed by atoms with Crippen molar-refractivity contribution >= 4 is 0 Å². The maximum Gasteiger partial charge on any atom is 0.419 e. The van der Waals surface area contributed by atoms with Gasteiger partial charge in [0.05, 0.1) is 16.8 Å². The molecule has 2 nitrogen and oxygen atoms in total. The van der Waals surface area contributed by atoms with Crippen LogP contribution >= 0.6 is 0 Å². The van der Waals surface area contributed by atoms with Gasteiger partial charge in [-0.3, -0.25) is 4.68 Å². The summed E-state index contributed by atoms with van der Waals surface area (Å²) in [5.41, 5.74) is -0.842. The lowest BCUT2D eigenvalue weighted by molar-refractivity contribution is -0.138. The van der Waals surface area contributed by atoms with Gasteiger partial charge >= 0.3 is 6.18 Å². The number of alkyl halides is 3. The Morgan fingerprint density at radius 1 is 0.880 bits per heavy atom. The molecule has 0 aliphatic carbocycles. The van der Waals surface area contributed by atoms with Crippen LogP contribution in [0.5, 0.6) is 0 Å². The normalized spacial score (nSPS) is 14.7. The van der Waals surface area contributed by atoms with E-state index in [1.54, 1.807) is 4.68 Å². The number of hydrogen-bond acceptors (Lipinski definition) is 1. The Labute approximate surface area is 151 Å². The first kappa shape index (κ1) is 22.0. The molecule has 0 amide bonds. The predicted molar refractivity (Wildman–Crippen MR) is 97.7 cm³/mol. The second-order valence-electron chi connectivity index (χ2n) is 7.54. The average Bonchev–Trinajstić information content (AvgIpc) is 2.94. The van der Waals surface area contributed by atoms with Crippen molar-refractivity contribution < 1.29 is 13.2 Å². The molecular weight excluding hydrogens is 325 g/mol. The molecule has 0 aliphatic rings. The summed E-state index contributed by atoms with van der Waals surface area (Å²) < 4.78 is 41.0. The second-order valence-corrected chi connectivity index (χ2v) is 7.54. The van der Waals surface area contributed by atoms with E-state index in [-0.39, 0.29) is 11.2 Å². The number of halogens is 3. The van der Waals surface area contributed by atoms with Gasteiger partial charge in [0.15, 0.2) is 0 Å². The van der Waals surface area contributed by atoms with Crippen molar-refractivity contribution in [3.05, 3.63) is 17.5 Å². The third-order valence-electron chi connectivity index (χ3n) is 5.15. The highest BCUT2D eigenvalue weighted by atomic mass is 19.4. The van der Waals surface area contributed by atoms with E-state index in [4.69, 9.17) is 0 Å². The quantitative estimate of drug-likeness (QED) is 0.359. The Morgan fingerprint density at radius 2 is 1.36 bits per heavy atom. The van der Waals surface area contributed by atoms with Gasteiger partial charge in [0, 0.05) is 6.20 Å². The molecule has 0 radical (unpaired) electrons. The zero-order chi connectivity index (χ0) is 18.9. The first-order valence-corrected chi connectivity index (χ1v) is 9.88. The summed E-state index contributed by atoms with van der Waals surface area (Å²) >= 11 is 0. The van der Waals surface area contributed by atoms with Gasteiger partial charge in [-0.2, -0.15) is 18.3 Å². The number of rotatable bonds is 12. The molecule has 1 rings (SSSR count). The molecular formula is C20H35F3N2.